The molecule has 6 nitrogen and oxygen atoms in total. The third-order valence-corrected chi connectivity index (χ3v) is 2.94. The molecule has 4 N–H and O–H groups in total. The number of nitrogens with two attached hydrogens (primary N) is 1. The van der Waals surface area contributed by atoms with E-state index in [2.05, 4.69) is 15.6 Å². The average molecular weight is 305 g/mol. The van der Waals surface area contributed by atoms with Gasteiger partial charge in [0.1, 0.15) is 0 Å². The number of rotatable bonds is 4. The van der Waals surface area contributed by atoms with Crippen LogP contribution in [0.4, 0.5) is 11.4 Å². The summed E-state index contributed by atoms with van der Waals surface area (Å²) in [5.74, 6) is -0.672. The zero-order valence-corrected chi connectivity index (χ0v) is 11.7. The van der Waals surface area contributed by atoms with Gasteiger partial charge in [-0.1, -0.05) is 11.6 Å². The lowest BCUT2D eigenvalue weighted by atomic mass is 10.2. The minimum Gasteiger partial charge on any atom is -0.324 e. The molecule has 21 heavy (non-hydrogen) atoms. The molecule has 0 fully saturated rings. The lowest BCUT2D eigenvalue weighted by Crippen LogP contribution is -2.22. The smallest absolute Gasteiger partial charge is 0.257 e. The maximum absolute atomic E-state index is 12.0. The summed E-state index contributed by atoms with van der Waals surface area (Å²) in [5, 5.41) is 5.61. The zero-order chi connectivity index (χ0) is 15.2. The molecule has 0 saturated heterocycles. The summed E-state index contributed by atoms with van der Waals surface area (Å²) < 4.78 is 0. The van der Waals surface area contributed by atoms with Crippen molar-refractivity contribution >= 4 is 34.8 Å². The first-order chi connectivity index (χ1) is 10.1. The van der Waals surface area contributed by atoms with Crippen molar-refractivity contribution in [1.29, 1.82) is 0 Å². The Morgan fingerprint density at radius 1 is 1.24 bits per heavy atom. The van der Waals surface area contributed by atoms with E-state index in [4.69, 9.17) is 17.3 Å². The first-order valence-corrected chi connectivity index (χ1v) is 6.49. The van der Waals surface area contributed by atoms with Gasteiger partial charge in [-0.2, -0.15) is 0 Å². The molecule has 1 heterocycles. The van der Waals surface area contributed by atoms with Gasteiger partial charge in [0, 0.05) is 18.1 Å². The van der Waals surface area contributed by atoms with Crippen LogP contribution in [0.5, 0.6) is 0 Å². The van der Waals surface area contributed by atoms with Gasteiger partial charge in [-0.05, 0) is 30.3 Å². The Morgan fingerprint density at radius 2 is 2.05 bits per heavy atom. The second kappa shape index (κ2) is 6.83. The average Bonchev–Trinajstić information content (AvgIpc) is 2.51. The Balaban J connectivity index is 2.16. The molecule has 1 aromatic carbocycles. The zero-order valence-electron chi connectivity index (χ0n) is 11.0. The monoisotopic (exact) mass is 304 g/mol. The molecule has 0 atom stereocenters. The third kappa shape index (κ3) is 4.01. The van der Waals surface area contributed by atoms with Crippen molar-refractivity contribution in [2.24, 2.45) is 5.73 Å². The number of nitrogens with one attached hydrogen (secondary N) is 2. The van der Waals surface area contributed by atoms with Crippen molar-refractivity contribution in [2.45, 2.75) is 0 Å². The van der Waals surface area contributed by atoms with Gasteiger partial charge in [-0.15, -0.1) is 0 Å². The molecule has 0 aliphatic rings. The van der Waals surface area contributed by atoms with Crippen molar-refractivity contribution in [1.82, 2.24) is 4.98 Å². The molecule has 7 heteroatoms. The van der Waals surface area contributed by atoms with Crippen molar-refractivity contribution in [2.75, 3.05) is 17.2 Å². The predicted molar refractivity (Wildman–Crippen MR) is 81.3 cm³/mol. The lowest BCUT2D eigenvalue weighted by molar-refractivity contribution is -0.114. The fourth-order valence-corrected chi connectivity index (χ4v) is 1.77. The Kier molecular flexibility index (Phi) is 4.86. The maximum atomic E-state index is 12.0. The minimum atomic E-state index is -0.368. The SMILES string of the molecule is NCC(=O)Nc1cc(NC(=O)c2cccnc2)ccc1Cl. The summed E-state index contributed by atoms with van der Waals surface area (Å²) in [5.41, 5.74) is 6.55. The number of carbonyl (C=O) groups is 2. The fourth-order valence-electron chi connectivity index (χ4n) is 1.60. The van der Waals surface area contributed by atoms with Crippen molar-refractivity contribution < 1.29 is 9.59 Å². The lowest BCUT2D eigenvalue weighted by Gasteiger charge is -2.10. The number of hydrogen-bond donors (Lipinski definition) is 3. The number of pyridine rings is 1. The summed E-state index contributed by atoms with van der Waals surface area (Å²) in [6.07, 6.45) is 3.04. The molecule has 0 unspecified atom stereocenters. The second-order valence-corrected chi connectivity index (χ2v) is 4.55. The first kappa shape index (κ1) is 15.0. The van der Waals surface area contributed by atoms with Crippen LogP contribution in [0.3, 0.4) is 0 Å². The molecule has 1 aromatic heterocycles. The van der Waals surface area contributed by atoms with Crippen LogP contribution in [-0.2, 0) is 4.79 Å². The van der Waals surface area contributed by atoms with Gasteiger partial charge >= 0.3 is 0 Å². The van der Waals surface area contributed by atoms with E-state index in [-0.39, 0.29) is 18.4 Å². The summed E-state index contributed by atoms with van der Waals surface area (Å²) >= 11 is 5.97. The molecular formula is C14H13ClN4O2. The van der Waals surface area contributed by atoms with Crippen LogP contribution in [0, 0.1) is 0 Å². The van der Waals surface area contributed by atoms with Crippen molar-refractivity contribution in [3.63, 3.8) is 0 Å². The largest absolute Gasteiger partial charge is 0.324 e. The van der Waals surface area contributed by atoms with Crippen LogP contribution < -0.4 is 16.4 Å². The van der Waals surface area contributed by atoms with Crippen LogP contribution >= 0.6 is 11.6 Å². The van der Waals surface area contributed by atoms with E-state index in [9.17, 15) is 9.59 Å². The topological polar surface area (TPSA) is 97.1 Å². The standard InChI is InChI=1S/C14H13ClN4O2/c15-11-4-3-10(6-12(11)19-13(20)7-16)18-14(21)9-2-1-5-17-8-9/h1-6,8H,7,16H2,(H,18,21)(H,19,20). The van der Waals surface area contributed by atoms with Gasteiger partial charge in [-0.25, -0.2) is 0 Å². The highest BCUT2D eigenvalue weighted by Gasteiger charge is 2.09. The van der Waals surface area contributed by atoms with Crippen LogP contribution in [0.25, 0.3) is 0 Å². The number of carbonyl (C=O) groups excluding carboxylic acids is 2. The molecule has 0 radical (unpaired) electrons. The molecule has 108 valence electrons. The molecule has 2 amide bonds. The van der Waals surface area contributed by atoms with Gasteiger partial charge in [0.25, 0.3) is 5.91 Å². The summed E-state index contributed by atoms with van der Waals surface area (Å²) in [6.45, 7) is -0.150. The Morgan fingerprint density at radius 3 is 2.71 bits per heavy atom. The molecule has 0 bridgehead atoms. The van der Waals surface area contributed by atoms with Crippen LogP contribution in [0.2, 0.25) is 5.02 Å². The van der Waals surface area contributed by atoms with E-state index in [0.29, 0.717) is 22.0 Å². The predicted octanol–water partition coefficient (Wildman–Crippen LogP) is 1.88. The van der Waals surface area contributed by atoms with Gasteiger partial charge in [0.15, 0.2) is 0 Å². The van der Waals surface area contributed by atoms with Gasteiger partial charge < -0.3 is 16.4 Å². The van der Waals surface area contributed by atoms with Gasteiger partial charge in [0.05, 0.1) is 22.8 Å². The first-order valence-electron chi connectivity index (χ1n) is 6.11. The minimum absolute atomic E-state index is 0.150. The molecule has 2 aromatic rings. The highest BCUT2D eigenvalue weighted by atomic mass is 35.5. The molecule has 0 aliphatic heterocycles. The van der Waals surface area contributed by atoms with Crippen molar-refractivity contribution in [3.05, 3.63) is 53.3 Å². The normalized spacial score (nSPS) is 10.0. The summed E-state index contributed by atoms with van der Waals surface area (Å²) in [7, 11) is 0. The van der Waals surface area contributed by atoms with E-state index in [1.54, 1.807) is 36.5 Å². The van der Waals surface area contributed by atoms with Crippen molar-refractivity contribution in [3.8, 4) is 0 Å². The number of anilines is 2. The Hall–Kier alpha value is -2.44. The summed E-state index contributed by atoms with van der Waals surface area (Å²) in [4.78, 5) is 27.2. The number of aromatic nitrogens is 1. The van der Waals surface area contributed by atoms with E-state index < -0.39 is 0 Å². The van der Waals surface area contributed by atoms with E-state index in [1.807, 2.05) is 0 Å². The number of amides is 2. The Bertz CT molecular complexity index is 661. The van der Waals surface area contributed by atoms with Crippen LogP contribution in [0.15, 0.2) is 42.7 Å². The number of benzene rings is 1. The quantitative estimate of drug-likeness (QED) is 0.803. The van der Waals surface area contributed by atoms with Gasteiger partial charge in [-0.3, -0.25) is 14.6 Å². The van der Waals surface area contributed by atoms with E-state index >= 15 is 0 Å². The second-order valence-electron chi connectivity index (χ2n) is 4.14. The maximum Gasteiger partial charge on any atom is 0.257 e. The highest BCUT2D eigenvalue weighted by molar-refractivity contribution is 6.33. The van der Waals surface area contributed by atoms with E-state index in [0.717, 1.165) is 0 Å². The molecule has 0 saturated carbocycles. The van der Waals surface area contributed by atoms with E-state index in [1.165, 1.54) is 6.20 Å². The fraction of sp³-hybridized carbons (Fsp3) is 0.0714. The molecule has 2 rings (SSSR count). The van der Waals surface area contributed by atoms with Crippen LogP contribution in [0.1, 0.15) is 10.4 Å². The van der Waals surface area contributed by atoms with Crippen LogP contribution in [-0.4, -0.2) is 23.3 Å². The Labute approximate surface area is 126 Å². The number of nitrogens with zero attached hydrogens (tertiary/aromatic N) is 1. The third-order valence-electron chi connectivity index (χ3n) is 2.61. The van der Waals surface area contributed by atoms with Gasteiger partial charge in [0.2, 0.25) is 5.91 Å². The molecule has 0 aliphatic carbocycles. The summed E-state index contributed by atoms with van der Waals surface area (Å²) in [6, 6.07) is 8.09. The number of hydrogen-bond acceptors (Lipinski definition) is 4. The molecular weight excluding hydrogens is 292 g/mol. The highest BCUT2D eigenvalue weighted by Crippen LogP contribution is 2.25. The molecule has 0 spiro atoms. The number of halogens is 1.